The number of aromatic nitrogens is 1. The summed E-state index contributed by atoms with van der Waals surface area (Å²) in [6.45, 7) is 0. The largest absolute Gasteiger partial charge is 0.411 e. The minimum Gasteiger partial charge on any atom is -0.411 e. The lowest BCUT2D eigenvalue weighted by Gasteiger charge is -2.14. The molecule has 0 amide bonds. The van der Waals surface area contributed by atoms with E-state index in [-0.39, 0.29) is 0 Å². The number of benzene rings is 1. The van der Waals surface area contributed by atoms with Crippen molar-refractivity contribution in [3.63, 3.8) is 0 Å². The van der Waals surface area contributed by atoms with Crippen molar-refractivity contribution >= 4 is 32.5 Å². The molecular weight excluding hydrogens is 280 g/mol. The number of nitrogens with zero attached hydrogens (tertiary/aromatic N) is 2. The quantitative estimate of drug-likeness (QED) is 0.586. The molecule has 0 bridgehead atoms. The summed E-state index contributed by atoms with van der Waals surface area (Å²) in [4.78, 5) is 0. The zero-order chi connectivity index (χ0) is 12.0. The van der Waals surface area contributed by atoms with Crippen LogP contribution in [-0.2, 0) is 13.5 Å². The number of aryl methyl sites for hydroxylation is 1. The first kappa shape index (κ1) is 10.8. The van der Waals surface area contributed by atoms with Gasteiger partial charge in [-0.2, -0.15) is 0 Å². The Morgan fingerprint density at radius 3 is 2.94 bits per heavy atom. The third-order valence-corrected chi connectivity index (χ3v) is 4.01. The molecule has 0 atom stereocenters. The normalized spacial score (nSPS) is 17.6. The molecule has 0 spiro atoms. The van der Waals surface area contributed by atoms with Gasteiger partial charge < -0.3 is 9.77 Å². The minimum absolute atomic E-state index is 0.819. The lowest BCUT2D eigenvalue weighted by Crippen LogP contribution is -2.12. The van der Waals surface area contributed by atoms with Crippen LogP contribution in [0.3, 0.4) is 0 Å². The van der Waals surface area contributed by atoms with E-state index in [0.29, 0.717) is 0 Å². The van der Waals surface area contributed by atoms with Gasteiger partial charge >= 0.3 is 0 Å². The van der Waals surface area contributed by atoms with Gasteiger partial charge in [0.25, 0.3) is 0 Å². The molecule has 0 fully saturated rings. The smallest absolute Gasteiger partial charge is 0.0892 e. The van der Waals surface area contributed by atoms with Gasteiger partial charge in [0, 0.05) is 33.7 Å². The Morgan fingerprint density at radius 2 is 2.18 bits per heavy atom. The summed E-state index contributed by atoms with van der Waals surface area (Å²) < 4.78 is 3.28. The van der Waals surface area contributed by atoms with Crippen molar-refractivity contribution in [1.29, 1.82) is 0 Å². The second-order valence-electron chi connectivity index (χ2n) is 4.44. The van der Waals surface area contributed by atoms with Crippen LogP contribution >= 0.6 is 15.9 Å². The van der Waals surface area contributed by atoms with E-state index in [4.69, 9.17) is 5.21 Å². The summed E-state index contributed by atoms with van der Waals surface area (Å²) in [6, 6.07) is 6.24. The van der Waals surface area contributed by atoms with Crippen LogP contribution in [0, 0.1) is 0 Å². The molecule has 1 N–H and O–H groups in total. The number of rotatable bonds is 0. The number of hydrogen-bond donors (Lipinski definition) is 1. The first-order valence-electron chi connectivity index (χ1n) is 5.70. The zero-order valence-electron chi connectivity index (χ0n) is 9.57. The fraction of sp³-hybridized carbons (Fsp3) is 0.308. The first-order valence-corrected chi connectivity index (χ1v) is 6.50. The van der Waals surface area contributed by atoms with Gasteiger partial charge in [-0.1, -0.05) is 27.2 Å². The molecule has 1 aromatic carbocycles. The average Bonchev–Trinajstić information content (AvgIpc) is 2.63. The highest BCUT2D eigenvalue weighted by Gasteiger charge is 2.23. The molecule has 0 unspecified atom stereocenters. The molecule has 1 aromatic heterocycles. The van der Waals surface area contributed by atoms with Gasteiger partial charge in [-0.05, 0) is 31.4 Å². The van der Waals surface area contributed by atoms with Crippen LogP contribution < -0.4 is 0 Å². The van der Waals surface area contributed by atoms with Crippen LogP contribution in [0.1, 0.15) is 24.1 Å². The third kappa shape index (κ3) is 1.51. The van der Waals surface area contributed by atoms with Gasteiger partial charge in [0.05, 0.1) is 5.71 Å². The molecule has 1 aliphatic carbocycles. The Balaban J connectivity index is 2.42. The SMILES string of the molecule is Cn1c2c(c3ccc(Br)cc31)/C(=N\O)CCC2. The molecule has 4 heteroatoms. The number of halogens is 1. The van der Waals surface area contributed by atoms with Crippen LogP contribution in [0.15, 0.2) is 27.8 Å². The highest BCUT2D eigenvalue weighted by Crippen LogP contribution is 2.33. The highest BCUT2D eigenvalue weighted by molar-refractivity contribution is 9.10. The van der Waals surface area contributed by atoms with Crippen LogP contribution in [-0.4, -0.2) is 15.5 Å². The van der Waals surface area contributed by atoms with Gasteiger partial charge in [-0.3, -0.25) is 0 Å². The van der Waals surface area contributed by atoms with Gasteiger partial charge in [0.15, 0.2) is 0 Å². The van der Waals surface area contributed by atoms with Crippen LogP contribution in [0.4, 0.5) is 0 Å². The van der Waals surface area contributed by atoms with E-state index in [2.05, 4.69) is 44.8 Å². The summed E-state index contributed by atoms with van der Waals surface area (Å²) in [5, 5.41) is 13.8. The Bertz CT molecular complexity index is 628. The average molecular weight is 293 g/mol. The maximum absolute atomic E-state index is 9.13. The van der Waals surface area contributed by atoms with E-state index >= 15 is 0 Å². The predicted molar refractivity (Wildman–Crippen MR) is 71.9 cm³/mol. The van der Waals surface area contributed by atoms with Crippen LogP contribution in [0.5, 0.6) is 0 Å². The summed E-state index contributed by atoms with van der Waals surface area (Å²) in [7, 11) is 2.08. The van der Waals surface area contributed by atoms with E-state index in [1.54, 1.807) is 0 Å². The monoisotopic (exact) mass is 292 g/mol. The zero-order valence-corrected chi connectivity index (χ0v) is 11.2. The van der Waals surface area contributed by atoms with E-state index in [1.165, 1.54) is 16.6 Å². The molecule has 0 aliphatic heterocycles. The molecule has 0 radical (unpaired) electrons. The van der Waals surface area contributed by atoms with Gasteiger partial charge in [-0.25, -0.2) is 0 Å². The molecule has 0 saturated carbocycles. The van der Waals surface area contributed by atoms with Crippen molar-refractivity contribution < 1.29 is 5.21 Å². The predicted octanol–water partition coefficient (Wildman–Crippen LogP) is 3.46. The lowest BCUT2D eigenvalue weighted by molar-refractivity contribution is 0.317. The summed E-state index contributed by atoms with van der Waals surface area (Å²) >= 11 is 3.50. The number of hydrogen-bond acceptors (Lipinski definition) is 2. The van der Waals surface area contributed by atoms with E-state index in [9.17, 15) is 0 Å². The summed E-state index contributed by atoms with van der Waals surface area (Å²) in [5.74, 6) is 0. The molecule has 17 heavy (non-hydrogen) atoms. The second-order valence-corrected chi connectivity index (χ2v) is 5.36. The molecule has 88 valence electrons. The van der Waals surface area contributed by atoms with Crippen molar-refractivity contribution in [2.45, 2.75) is 19.3 Å². The molecule has 1 aliphatic rings. The maximum atomic E-state index is 9.13. The third-order valence-electron chi connectivity index (χ3n) is 3.52. The Labute approximate surface area is 108 Å². The van der Waals surface area contributed by atoms with E-state index in [0.717, 1.165) is 35.0 Å². The molecular formula is C13H13BrN2O. The van der Waals surface area contributed by atoms with Gasteiger partial charge in [0.2, 0.25) is 0 Å². The van der Waals surface area contributed by atoms with E-state index < -0.39 is 0 Å². The Morgan fingerprint density at radius 1 is 1.35 bits per heavy atom. The summed E-state index contributed by atoms with van der Waals surface area (Å²) in [6.07, 6.45) is 2.97. The Hall–Kier alpha value is -1.29. The Kier molecular flexibility index (Phi) is 2.47. The van der Waals surface area contributed by atoms with Crippen molar-refractivity contribution in [2.24, 2.45) is 12.2 Å². The van der Waals surface area contributed by atoms with Crippen molar-refractivity contribution in [3.05, 3.63) is 33.9 Å². The fourth-order valence-electron chi connectivity index (χ4n) is 2.73. The van der Waals surface area contributed by atoms with Gasteiger partial charge in [0.1, 0.15) is 0 Å². The van der Waals surface area contributed by atoms with Crippen molar-refractivity contribution in [2.75, 3.05) is 0 Å². The maximum Gasteiger partial charge on any atom is 0.0892 e. The van der Waals surface area contributed by atoms with Crippen molar-refractivity contribution in [3.8, 4) is 0 Å². The van der Waals surface area contributed by atoms with Crippen LogP contribution in [0.2, 0.25) is 0 Å². The highest BCUT2D eigenvalue weighted by atomic mass is 79.9. The molecule has 3 nitrogen and oxygen atoms in total. The molecule has 0 saturated heterocycles. The second kappa shape index (κ2) is 3.88. The van der Waals surface area contributed by atoms with Crippen LogP contribution in [0.25, 0.3) is 10.9 Å². The molecule has 3 rings (SSSR count). The summed E-state index contributed by atoms with van der Waals surface area (Å²) in [5.41, 5.74) is 4.41. The number of oxime groups is 1. The fourth-order valence-corrected chi connectivity index (χ4v) is 3.07. The standard InChI is InChI=1S/C13H13BrN2O/c1-16-11-4-2-3-10(15-17)13(11)9-6-5-8(14)7-12(9)16/h5-7,17H,2-4H2,1H3/b15-10-. The van der Waals surface area contributed by atoms with Gasteiger partial charge in [-0.15, -0.1) is 0 Å². The molecule has 2 aromatic rings. The van der Waals surface area contributed by atoms with E-state index in [1.807, 2.05) is 6.07 Å². The molecule has 1 heterocycles. The number of fused-ring (bicyclic) bond motifs is 3. The topological polar surface area (TPSA) is 37.5 Å². The van der Waals surface area contributed by atoms with Crippen molar-refractivity contribution in [1.82, 2.24) is 4.57 Å². The lowest BCUT2D eigenvalue weighted by atomic mass is 9.93. The first-order chi connectivity index (χ1) is 8.22. The minimum atomic E-state index is 0.819.